The van der Waals surface area contributed by atoms with Crippen molar-refractivity contribution in [2.45, 2.75) is 20.1 Å². The molecule has 2 rings (SSSR count). The first kappa shape index (κ1) is 16.0. The van der Waals surface area contributed by atoms with E-state index in [-0.39, 0.29) is 10.8 Å². The molecule has 21 heavy (non-hydrogen) atoms. The van der Waals surface area contributed by atoms with Crippen LogP contribution in [0.5, 0.6) is 5.75 Å². The van der Waals surface area contributed by atoms with Gasteiger partial charge in [-0.2, -0.15) is 8.78 Å². The lowest BCUT2D eigenvalue weighted by Crippen LogP contribution is -2.03. The lowest BCUT2D eigenvalue weighted by atomic mass is 10.1. The maximum atomic E-state index is 12.1. The van der Waals surface area contributed by atoms with Gasteiger partial charge in [0.2, 0.25) is 0 Å². The summed E-state index contributed by atoms with van der Waals surface area (Å²) in [4.78, 5) is 0. The molecule has 0 aliphatic carbocycles. The van der Waals surface area contributed by atoms with Gasteiger partial charge in [0.25, 0.3) is 0 Å². The molecule has 0 saturated carbocycles. The second-order valence-corrected chi connectivity index (χ2v) is 5.72. The molecular weight excluding hydrogens is 364 g/mol. The molecule has 0 unspecified atom stereocenters. The summed E-state index contributed by atoms with van der Waals surface area (Å²) in [6.45, 7) is -0.257. The molecule has 0 bridgehead atoms. The fraction of sp³-hybridized carbons (Fsp3) is 0.200. The molecule has 2 aromatic carbocycles. The van der Waals surface area contributed by atoms with E-state index in [4.69, 9.17) is 11.6 Å². The minimum absolute atomic E-state index is 0.0308. The van der Waals surface area contributed by atoms with Crippen molar-refractivity contribution in [3.8, 4) is 5.75 Å². The monoisotopic (exact) mass is 375 g/mol. The van der Waals surface area contributed by atoms with Gasteiger partial charge in [-0.15, -0.1) is 0 Å². The number of rotatable bonds is 5. The number of alkyl halides is 2. The average molecular weight is 377 g/mol. The molecule has 0 heterocycles. The van der Waals surface area contributed by atoms with Crippen molar-refractivity contribution < 1.29 is 13.5 Å². The fourth-order valence-electron chi connectivity index (χ4n) is 1.82. The third-order valence-electron chi connectivity index (χ3n) is 2.87. The van der Waals surface area contributed by atoms with Crippen molar-refractivity contribution in [3.05, 3.63) is 57.0 Å². The zero-order valence-corrected chi connectivity index (χ0v) is 13.5. The lowest BCUT2D eigenvalue weighted by molar-refractivity contribution is -0.0497. The molecule has 0 aromatic heterocycles. The summed E-state index contributed by atoms with van der Waals surface area (Å²) in [5.74, 6) is -0.0308. The molecule has 0 aliphatic heterocycles. The summed E-state index contributed by atoms with van der Waals surface area (Å²) in [6, 6.07) is 10.7. The van der Waals surface area contributed by atoms with Crippen LogP contribution in [0.3, 0.4) is 0 Å². The third-order valence-corrected chi connectivity index (χ3v) is 4.05. The predicted octanol–water partition coefficient (Wildman–Crippen LogP) is 5.62. The Kier molecular flexibility index (Phi) is 5.42. The van der Waals surface area contributed by atoms with E-state index in [2.05, 4.69) is 32.0 Å². The first-order valence-electron chi connectivity index (χ1n) is 6.19. The SMILES string of the molecule is Cc1cc(CNc2ccc(OC(F)F)c(Cl)c2)ccc1Br. The quantitative estimate of drug-likeness (QED) is 0.731. The molecule has 6 heteroatoms. The summed E-state index contributed by atoms with van der Waals surface area (Å²) < 4.78 is 29.6. The van der Waals surface area contributed by atoms with Gasteiger partial charge >= 0.3 is 6.61 Å². The normalized spacial score (nSPS) is 10.8. The van der Waals surface area contributed by atoms with Crippen LogP contribution in [0.1, 0.15) is 11.1 Å². The van der Waals surface area contributed by atoms with Crippen molar-refractivity contribution in [3.63, 3.8) is 0 Å². The Morgan fingerprint density at radius 1 is 1.24 bits per heavy atom. The molecule has 0 fully saturated rings. The molecule has 0 aliphatic rings. The Morgan fingerprint density at radius 3 is 2.62 bits per heavy atom. The summed E-state index contributed by atoms with van der Waals surface area (Å²) in [7, 11) is 0. The summed E-state index contributed by atoms with van der Waals surface area (Å²) >= 11 is 9.35. The van der Waals surface area contributed by atoms with Crippen LogP contribution in [-0.4, -0.2) is 6.61 Å². The average Bonchev–Trinajstić information content (AvgIpc) is 2.42. The second kappa shape index (κ2) is 7.09. The number of nitrogens with one attached hydrogen (secondary N) is 1. The number of halogens is 4. The molecule has 0 atom stereocenters. The predicted molar refractivity (Wildman–Crippen MR) is 84.3 cm³/mol. The van der Waals surface area contributed by atoms with Crippen LogP contribution in [0, 0.1) is 6.92 Å². The topological polar surface area (TPSA) is 21.3 Å². The Bertz CT molecular complexity index is 637. The van der Waals surface area contributed by atoms with Gasteiger partial charge in [-0.25, -0.2) is 0 Å². The molecule has 0 spiro atoms. The maximum Gasteiger partial charge on any atom is 0.387 e. The van der Waals surface area contributed by atoms with E-state index in [0.717, 1.165) is 21.3 Å². The van der Waals surface area contributed by atoms with Crippen molar-refractivity contribution >= 4 is 33.2 Å². The van der Waals surface area contributed by atoms with E-state index >= 15 is 0 Å². The minimum atomic E-state index is -2.88. The van der Waals surface area contributed by atoms with E-state index in [0.29, 0.717) is 6.54 Å². The lowest BCUT2D eigenvalue weighted by Gasteiger charge is -2.11. The Balaban J connectivity index is 2.03. The van der Waals surface area contributed by atoms with Crippen molar-refractivity contribution in [2.24, 2.45) is 0 Å². The van der Waals surface area contributed by atoms with Gasteiger partial charge in [0, 0.05) is 16.7 Å². The number of ether oxygens (including phenoxy) is 1. The van der Waals surface area contributed by atoms with Crippen LogP contribution in [0.25, 0.3) is 0 Å². The number of hydrogen-bond donors (Lipinski definition) is 1. The highest BCUT2D eigenvalue weighted by Gasteiger charge is 2.09. The van der Waals surface area contributed by atoms with Crippen molar-refractivity contribution in [1.82, 2.24) is 0 Å². The van der Waals surface area contributed by atoms with Crippen LogP contribution >= 0.6 is 27.5 Å². The van der Waals surface area contributed by atoms with Crippen LogP contribution in [0.15, 0.2) is 40.9 Å². The van der Waals surface area contributed by atoms with E-state index in [9.17, 15) is 8.78 Å². The maximum absolute atomic E-state index is 12.1. The second-order valence-electron chi connectivity index (χ2n) is 4.46. The van der Waals surface area contributed by atoms with E-state index < -0.39 is 6.61 Å². The molecule has 0 radical (unpaired) electrons. The molecule has 1 N–H and O–H groups in total. The number of benzene rings is 2. The van der Waals surface area contributed by atoms with E-state index in [1.54, 1.807) is 12.1 Å². The highest BCUT2D eigenvalue weighted by molar-refractivity contribution is 9.10. The van der Waals surface area contributed by atoms with Gasteiger partial charge < -0.3 is 10.1 Å². The Labute approximate surface area is 135 Å². The van der Waals surface area contributed by atoms with Crippen LogP contribution in [0.2, 0.25) is 5.02 Å². The largest absolute Gasteiger partial charge is 0.433 e. The number of aryl methyl sites for hydroxylation is 1. The summed E-state index contributed by atoms with van der Waals surface area (Å²) in [5, 5.41) is 3.33. The van der Waals surface area contributed by atoms with Gasteiger partial charge in [0.05, 0.1) is 5.02 Å². The standard InChI is InChI=1S/C15H13BrClF2NO/c1-9-6-10(2-4-12(9)16)8-20-11-3-5-14(13(17)7-11)21-15(18)19/h2-7,15,20H,8H2,1H3. The third kappa shape index (κ3) is 4.58. The summed E-state index contributed by atoms with van der Waals surface area (Å²) in [6.07, 6.45) is 0. The minimum Gasteiger partial charge on any atom is -0.433 e. The van der Waals surface area contributed by atoms with Crippen molar-refractivity contribution in [2.75, 3.05) is 5.32 Å². The van der Waals surface area contributed by atoms with Crippen LogP contribution in [0.4, 0.5) is 14.5 Å². The Hall–Kier alpha value is -1.33. The highest BCUT2D eigenvalue weighted by atomic mass is 79.9. The van der Waals surface area contributed by atoms with Crippen LogP contribution < -0.4 is 10.1 Å². The van der Waals surface area contributed by atoms with Gasteiger partial charge in [0.15, 0.2) is 0 Å². The smallest absolute Gasteiger partial charge is 0.387 e. The van der Waals surface area contributed by atoms with Gasteiger partial charge in [-0.1, -0.05) is 39.7 Å². The molecule has 112 valence electrons. The van der Waals surface area contributed by atoms with Crippen LogP contribution in [-0.2, 0) is 6.54 Å². The molecule has 2 nitrogen and oxygen atoms in total. The zero-order chi connectivity index (χ0) is 15.4. The first-order chi connectivity index (χ1) is 9.95. The van der Waals surface area contributed by atoms with Gasteiger partial charge in [-0.05, 0) is 42.3 Å². The van der Waals surface area contributed by atoms with Gasteiger partial charge in [0.1, 0.15) is 5.75 Å². The molecule has 2 aromatic rings. The first-order valence-corrected chi connectivity index (χ1v) is 7.36. The zero-order valence-electron chi connectivity index (χ0n) is 11.2. The van der Waals surface area contributed by atoms with Crippen molar-refractivity contribution in [1.29, 1.82) is 0 Å². The fourth-order valence-corrected chi connectivity index (χ4v) is 2.29. The number of hydrogen-bond acceptors (Lipinski definition) is 2. The van der Waals surface area contributed by atoms with E-state index in [1.165, 1.54) is 6.07 Å². The molecule has 0 saturated heterocycles. The Morgan fingerprint density at radius 2 is 2.00 bits per heavy atom. The number of anilines is 1. The molecular formula is C15H13BrClF2NO. The summed E-state index contributed by atoms with van der Waals surface area (Å²) in [5.41, 5.74) is 3.00. The van der Waals surface area contributed by atoms with Gasteiger partial charge in [-0.3, -0.25) is 0 Å². The van der Waals surface area contributed by atoms with E-state index in [1.807, 2.05) is 19.1 Å². The highest BCUT2D eigenvalue weighted by Crippen LogP contribution is 2.29. The molecule has 0 amide bonds.